The zero-order valence-electron chi connectivity index (χ0n) is 19.2. The van der Waals surface area contributed by atoms with Crippen LogP contribution in [0.1, 0.15) is 35.8 Å². The summed E-state index contributed by atoms with van der Waals surface area (Å²) in [5.74, 6) is 0.139. The zero-order valence-corrected chi connectivity index (χ0v) is 20.1. The average molecular weight is 473 g/mol. The highest BCUT2D eigenvalue weighted by Gasteiger charge is 2.44. The molecule has 1 fully saturated rings. The number of ether oxygens (including phenoxy) is 1. The van der Waals surface area contributed by atoms with E-state index < -0.39 is 5.92 Å². The van der Waals surface area contributed by atoms with Gasteiger partial charge in [-0.05, 0) is 41.9 Å². The Bertz CT molecular complexity index is 1180. The number of Topliss-reactive ketones (excluding diaryl/α,β-unsaturated/α-hetero) is 1. The first-order valence-electron chi connectivity index (χ1n) is 11.6. The molecule has 0 bridgehead atoms. The monoisotopic (exact) mass is 472 g/mol. The first-order chi connectivity index (χ1) is 16.6. The van der Waals surface area contributed by atoms with Crippen LogP contribution in [-0.4, -0.2) is 48.4 Å². The van der Waals surface area contributed by atoms with Crippen molar-refractivity contribution in [3.05, 3.63) is 88.4 Å². The van der Waals surface area contributed by atoms with Gasteiger partial charge in [0.25, 0.3) is 0 Å². The summed E-state index contributed by atoms with van der Waals surface area (Å²) in [7, 11) is 0. The van der Waals surface area contributed by atoms with Gasteiger partial charge < -0.3 is 10.5 Å². The van der Waals surface area contributed by atoms with Gasteiger partial charge in [-0.25, -0.2) is 5.01 Å². The summed E-state index contributed by atoms with van der Waals surface area (Å²) in [5.41, 5.74) is 10.9. The number of carbonyl (C=O) groups is 1. The fourth-order valence-electron chi connectivity index (χ4n) is 5.28. The number of nitrogens with zero attached hydrogens (tertiary/aromatic N) is 3. The number of thioether (sulfide) groups is 1. The molecule has 1 saturated heterocycles. The number of rotatable bonds is 4. The van der Waals surface area contributed by atoms with Crippen molar-refractivity contribution in [2.45, 2.75) is 29.6 Å². The largest absolute Gasteiger partial charge is 0.383 e. The molecule has 2 aliphatic heterocycles. The fraction of sp³-hybridized carbons (Fsp3) is 0.333. The van der Waals surface area contributed by atoms with Crippen molar-refractivity contribution in [3.63, 3.8) is 0 Å². The Morgan fingerprint density at radius 1 is 1.03 bits per heavy atom. The van der Waals surface area contributed by atoms with Gasteiger partial charge in [0, 0.05) is 35.7 Å². The number of carbonyl (C=O) groups excluding carboxylic acids is 1. The number of nitriles is 1. The van der Waals surface area contributed by atoms with Crippen LogP contribution in [0.25, 0.3) is 0 Å². The Morgan fingerprint density at radius 2 is 1.74 bits per heavy atom. The third-order valence-corrected chi connectivity index (χ3v) is 7.67. The molecular formula is C27H28N4O2S. The molecular weight excluding hydrogens is 444 g/mol. The predicted molar refractivity (Wildman–Crippen MR) is 132 cm³/mol. The molecule has 0 saturated carbocycles. The fourth-order valence-corrected chi connectivity index (χ4v) is 5.69. The SMILES string of the molecule is CSc1ccc(C2C(C#N)=C(N)N(N3CCOCC3)C3=C2C(=O)CC(c2ccccc2)C3)cc1. The molecule has 0 amide bonds. The second-order valence-electron chi connectivity index (χ2n) is 8.79. The minimum atomic E-state index is -0.447. The third kappa shape index (κ3) is 4.03. The van der Waals surface area contributed by atoms with Crippen LogP contribution in [0.4, 0.5) is 0 Å². The van der Waals surface area contributed by atoms with E-state index in [0.717, 1.165) is 21.7 Å². The maximum atomic E-state index is 13.8. The van der Waals surface area contributed by atoms with Gasteiger partial charge in [-0.15, -0.1) is 11.8 Å². The molecule has 0 aromatic heterocycles. The number of hydrazine groups is 1. The molecule has 3 aliphatic rings. The summed E-state index contributed by atoms with van der Waals surface area (Å²) in [6, 6.07) is 20.7. The maximum Gasteiger partial charge on any atom is 0.162 e. The standard InChI is InChI=1S/C27H28N4O2S/c1-34-21-9-7-19(8-10-21)25-22(17-28)27(29)31(30-11-13-33-14-12-30)23-15-20(16-24(32)26(23)25)18-5-3-2-4-6-18/h2-10,20,25H,11-16,29H2,1H3. The molecule has 0 spiro atoms. The van der Waals surface area contributed by atoms with Crippen LogP contribution in [0.5, 0.6) is 0 Å². The van der Waals surface area contributed by atoms with Crippen molar-refractivity contribution >= 4 is 17.5 Å². The highest BCUT2D eigenvalue weighted by atomic mass is 32.2. The van der Waals surface area contributed by atoms with Gasteiger partial charge in [-0.2, -0.15) is 5.26 Å². The lowest BCUT2D eigenvalue weighted by molar-refractivity contribution is -0.117. The van der Waals surface area contributed by atoms with Gasteiger partial charge in [0.1, 0.15) is 5.82 Å². The van der Waals surface area contributed by atoms with Gasteiger partial charge in [-0.3, -0.25) is 9.80 Å². The lowest BCUT2D eigenvalue weighted by Gasteiger charge is -2.47. The Labute approximate surface area is 204 Å². The Balaban J connectivity index is 1.65. The Kier molecular flexibility index (Phi) is 6.46. The summed E-state index contributed by atoms with van der Waals surface area (Å²) >= 11 is 1.66. The number of allylic oxidation sites excluding steroid dienone is 3. The second-order valence-corrected chi connectivity index (χ2v) is 9.67. The molecule has 2 atom stereocenters. The molecule has 7 heteroatoms. The van der Waals surface area contributed by atoms with Crippen LogP contribution in [-0.2, 0) is 9.53 Å². The predicted octanol–water partition coefficient (Wildman–Crippen LogP) is 4.15. The second kappa shape index (κ2) is 9.67. The van der Waals surface area contributed by atoms with Gasteiger partial charge in [-0.1, -0.05) is 42.5 Å². The van der Waals surface area contributed by atoms with Gasteiger partial charge in [0.05, 0.1) is 30.8 Å². The van der Waals surface area contributed by atoms with E-state index in [4.69, 9.17) is 10.5 Å². The van der Waals surface area contributed by atoms with E-state index in [9.17, 15) is 10.1 Å². The smallest absolute Gasteiger partial charge is 0.162 e. The topological polar surface area (TPSA) is 82.6 Å². The van der Waals surface area contributed by atoms with Crippen LogP contribution >= 0.6 is 11.8 Å². The molecule has 174 valence electrons. The van der Waals surface area contributed by atoms with Crippen molar-refractivity contribution in [2.24, 2.45) is 5.73 Å². The molecule has 0 radical (unpaired) electrons. The van der Waals surface area contributed by atoms with E-state index in [1.165, 1.54) is 0 Å². The van der Waals surface area contributed by atoms with Crippen molar-refractivity contribution in [3.8, 4) is 6.07 Å². The Morgan fingerprint density at radius 3 is 2.38 bits per heavy atom. The summed E-state index contributed by atoms with van der Waals surface area (Å²) in [4.78, 5) is 14.9. The van der Waals surface area contributed by atoms with Gasteiger partial charge in [0.2, 0.25) is 0 Å². The molecule has 2 unspecified atom stereocenters. The normalized spacial score (nSPS) is 23.6. The van der Waals surface area contributed by atoms with Gasteiger partial charge >= 0.3 is 0 Å². The first-order valence-corrected chi connectivity index (χ1v) is 12.8. The molecule has 2 heterocycles. The molecule has 2 aromatic carbocycles. The van der Waals surface area contributed by atoms with Crippen LogP contribution in [0.15, 0.2) is 82.2 Å². The minimum Gasteiger partial charge on any atom is -0.383 e. The molecule has 34 heavy (non-hydrogen) atoms. The highest BCUT2D eigenvalue weighted by molar-refractivity contribution is 7.98. The van der Waals surface area contributed by atoms with E-state index >= 15 is 0 Å². The van der Waals surface area contributed by atoms with E-state index in [2.05, 4.69) is 23.2 Å². The van der Waals surface area contributed by atoms with Crippen molar-refractivity contribution in [2.75, 3.05) is 32.6 Å². The van der Waals surface area contributed by atoms with E-state index in [1.807, 2.05) is 53.7 Å². The lowest BCUT2D eigenvalue weighted by atomic mass is 9.72. The van der Waals surface area contributed by atoms with Gasteiger partial charge in [0.15, 0.2) is 5.78 Å². The van der Waals surface area contributed by atoms with Crippen molar-refractivity contribution < 1.29 is 9.53 Å². The Hall–Kier alpha value is -3.05. The van der Waals surface area contributed by atoms with Crippen molar-refractivity contribution in [1.29, 1.82) is 5.26 Å². The number of hydrogen-bond donors (Lipinski definition) is 1. The maximum absolute atomic E-state index is 13.8. The molecule has 2 N–H and O–H groups in total. The quantitative estimate of drug-likeness (QED) is 0.670. The van der Waals surface area contributed by atoms with E-state index in [0.29, 0.717) is 56.1 Å². The minimum absolute atomic E-state index is 0.0759. The average Bonchev–Trinajstić information content (AvgIpc) is 2.89. The summed E-state index contributed by atoms with van der Waals surface area (Å²) < 4.78 is 5.56. The lowest BCUT2D eigenvalue weighted by Crippen LogP contribution is -2.52. The number of nitrogens with two attached hydrogens (primary N) is 1. The van der Waals surface area contributed by atoms with Crippen LogP contribution in [0.2, 0.25) is 0 Å². The first kappa shape index (κ1) is 22.7. The number of ketones is 1. The van der Waals surface area contributed by atoms with Crippen LogP contribution in [0.3, 0.4) is 0 Å². The summed E-state index contributed by atoms with van der Waals surface area (Å²) in [6.07, 6.45) is 3.16. The molecule has 2 aromatic rings. The summed E-state index contributed by atoms with van der Waals surface area (Å²) in [5, 5.41) is 14.3. The van der Waals surface area contributed by atoms with E-state index in [1.54, 1.807) is 11.8 Å². The van der Waals surface area contributed by atoms with Crippen LogP contribution < -0.4 is 5.73 Å². The highest BCUT2D eigenvalue weighted by Crippen LogP contribution is 2.48. The molecule has 6 nitrogen and oxygen atoms in total. The zero-order chi connectivity index (χ0) is 23.7. The third-order valence-electron chi connectivity index (χ3n) is 6.93. The van der Waals surface area contributed by atoms with Crippen LogP contribution in [0, 0.1) is 11.3 Å². The summed E-state index contributed by atoms with van der Waals surface area (Å²) in [6.45, 7) is 2.49. The van der Waals surface area contributed by atoms with E-state index in [-0.39, 0.29) is 11.7 Å². The number of hydrogen-bond acceptors (Lipinski definition) is 7. The number of morpholine rings is 1. The molecule has 5 rings (SSSR count). The molecule has 1 aliphatic carbocycles. The number of benzene rings is 2. The van der Waals surface area contributed by atoms with Crippen molar-refractivity contribution in [1.82, 2.24) is 10.0 Å².